The SMILES string of the molecule is CO.COC(=O)c1ccc2nc(Cl)c(-c3ccc(F)cc3)nc2c1.COC(=O)c1ccc2nc(N3CCN(c4ccccn4)CC3)c(-c3ccc(F)cc3)nc2c1.O=C(O)c1ccc2nc(N3CCC(c4ccccn4)CC3)c(-c3ccc(F)cc3)nc2c1.O=C(O)c1ccc2nc(N3CCN(c4ccccn4)CC3)c(-c3ccc(F)cc3)nc2c1.O=CO[O-].[2H]CF.[H-].[K+].[K+].[Na+].[OH-].c1ccc(N2CCNCC2)nc1. The minimum absolute atomic E-state index is 0. The Bertz CT molecular complexity index is 6680. The molecule has 0 radical (unpaired) electrons. The number of halogens is 6. The Balaban J connectivity index is 0.000000220. The standard InChI is InChI=1S/C25H22FN5O2.C25H21FN4O2.C24H20FN5O2.C16H10ClFN2O2.C9H13N3.CH3F.CH2O3.CH4O.2K.Na.H2O.H/c1-33-25(32)18-7-10-20-21(16-18)28-23(17-5-8-19(26)9-6-17)24(29-20)31-14-12-30(13-15-31)22-4-2-3-11-27-22;26-19-7-4-17(5-8-19)23-24(29-21-9-6-18(25(31)32)15-22(21)28-23)30-13-10-16(11-14-30)20-3-1-2-12-27-20;25-18-7-4-16(5-8-18)22-23(28-19-9-6-17(24(31)32)15-20(19)27-22)30-13-11-29(12-14-30)21-3-1-2-10-26-21;1-22-16(21)10-4-7-12-13(8-10)19-14(15(17)20-12)9-2-5-11(18)6-3-9;1-2-4-11-9(3-1)12-7-5-10-6-8-12;1-2;2-1-4-3;1-2;;;;;/h2-11,16H,12-15H2,1H3;1-9,12,15-16H,10-11,13-14H2,(H,31,32);1-10,15H,11-14H2,(H,31,32);2-8H,1H3;1-4,10H,5-8H2;1H3;1,3H;2H,1H3;;;;1H2;/q;;;;;;;;3*+1;;-1/p-2/i;;;;;1D;;;;;;;. The van der Waals surface area contributed by atoms with Gasteiger partial charge < -0.3 is 76.6 Å². The number of aromatic nitrogens is 12. The van der Waals surface area contributed by atoms with E-state index in [1.54, 1.807) is 109 Å². The van der Waals surface area contributed by atoms with Crippen LogP contribution in [-0.2, 0) is 19.2 Å². The van der Waals surface area contributed by atoms with E-state index < -0.39 is 31.0 Å². The van der Waals surface area contributed by atoms with Crippen LogP contribution in [0.5, 0.6) is 0 Å². The normalized spacial score (nSPS) is 13.1. The first-order valence-corrected chi connectivity index (χ1v) is 44.0. The van der Waals surface area contributed by atoms with Gasteiger partial charge in [0, 0.05) is 157 Å². The van der Waals surface area contributed by atoms with Crippen LogP contribution in [0.4, 0.5) is 56.9 Å². The topological polar surface area (TPSA) is 413 Å². The zero-order chi connectivity index (χ0) is 99.0. The quantitative estimate of drug-likeness (QED) is 0.0196. The Morgan fingerprint density at radius 2 is 0.685 bits per heavy atom. The van der Waals surface area contributed by atoms with Gasteiger partial charge in [0.15, 0.2) is 22.6 Å². The zero-order valence-electron chi connectivity index (χ0n) is 80.9. The molecule has 32 nitrogen and oxygen atoms in total. The number of carboxylic acids is 2. The minimum Gasteiger partial charge on any atom is -1.00 e. The fourth-order valence-electron chi connectivity index (χ4n) is 15.6. The number of nitrogens with one attached hydrogen (secondary N) is 1. The van der Waals surface area contributed by atoms with Gasteiger partial charge in [0.2, 0.25) is 0 Å². The van der Waals surface area contributed by atoms with Crippen molar-refractivity contribution in [2.45, 2.75) is 18.8 Å². The number of carbonyl (C=O) groups is 5. The van der Waals surface area contributed by atoms with Gasteiger partial charge in [0.05, 0.1) is 89.1 Å². The number of rotatable bonds is 16. The second-order valence-corrected chi connectivity index (χ2v) is 31.3. The predicted molar refractivity (Wildman–Crippen MR) is 522 cm³/mol. The monoisotopic (exact) mass is 2030 g/mol. The van der Waals surface area contributed by atoms with Crippen LogP contribution in [0, 0.1) is 23.3 Å². The van der Waals surface area contributed by atoms with E-state index in [4.69, 9.17) is 62.8 Å². The average molecular weight is 2030 g/mol. The third-order valence-electron chi connectivity index (χ3n) is 22.5. The summed E-state index contributed by atoms with van der Waals surface area (Å²) >= 11 is 6.15. The van der Waals surface area contributed by atoms with Gasteiger partial charge in [-0.2, -0.15) is 0 Å². The van der Waals surface area contributed by atoms with Crippen molar-refractivity contribution in [3.8, 4) is 45.0 Å². The van der Waals surface area contributed by atoms with E-state index in [-0.39, 0.29) is 185 Å². The third kappa shape index (κ3) is 30.8. The molecule has 41 heteroatoms. The zero-order valence-corrected chi connectivity index (χ0v) is 87.9. The number of carboxylic acid groups (broad SMARTS) is 2. The number of methoxy groups -OCH3 is 2. The molecule has 4 fully saturated rings. The number of nitrogens with zero attached hydrogens (tertiary/aromatic N) is 18. The molecule has 4 aliphatic heterocycles. The molecule has 0 saturated carbocycles. The van der Waals surface area contributed by atoms with Crippen molar-refractivity contribution in [1.29, 1.82) is 0 Å². The van der Waals surface area contributed by atoms with E-state index in [1.165, 1.54) is 87.0 Å². The predicted octanol–water partition coefficient (Wildman–Crippen LogP) is 6.66. The molecule has 12 heterocycles. The maximum atomic E-state index is 13.6. The first-order valence-electron chi connectivity index (χ1n) is 44.3. The van der Waals surface area contributed by atoms with E-state index in [9.17, 15) is 51.3 Å². The smallest absolute Gasteiger partial charge is 1.00 e. The van der Waals surface area contributed by atoms with Crippen LogP contribution < -0.4 is 172 Å². The number of ether oxygens (including phenoxy) is 2. The first kappa shape index (κ1) is 113. The van der Waals surface area contributed by atoms with Crippen molar-refractivity contribution < 1.29 is 221 Å². The number of piperazine rings is 3. The number of esters is 2. The van der Waals surface area contributed by atoms with E-state index in [0.29, 0.717) is 95.3 Å². The molecule has 16 aromatic rings. The van der Waals surface area contributed by atoms with Gasteiger partial charge in [-0.25, -0.2) is 91.6 Å². The third-order valence-corrected chi connectivity index (χ3v) is 22.8. The van der Waals surface area contributed by atoms with Crippen molar-refractivity contribution in [3.05, 3.63) is 324 Å². The summed E-state index contributed by atoms with van der Waals surface area (Å²) in [6.45, 7) is 11.7. The number of carbonyl (C=O) groups excluding carboxylic acids is 3. The Morgan fingerprint density at radius 1 is 0.406 bits per heavy atom. The largest absolute Gasteiger partial charge is 1.00 e. The van der Waals surface area contributed by atoms with Crippen LogP contribution in [0.1, 0.15) is 68.7 Å². The molecule has 8 aromatic carbocycles. The molecule has 0 unspecified atom stereocenters. The number of aliphatic hydroxyl groups is 1. The van der Waals surface area contributed by atoms with Crippen molar-refractivity contribution in [3.63, 3.8) is 0 Å². The molecule has 0 aliphatic carbocycles. The number of fused-ring (bicyclic) bond motifs is 4. The van der Waals surface area contributed by atoms with Gasteiger partial charge in [-0.3, -0.25) is 14.2 Å². The van der Waals surface area contributed by atoms with Crippen LogP contribution in [-0.4, -0.2) is 231 Å². The summed E-state index contributed by atoms with van der Waals surface area (Å²) in [6, 6.07) is 67.5. The number of piperidine rings is 1. The van der Waals surface area contributed by atoms with Crippen molar-refractivity contribution in [2.24, 2.45) is 0 Å². The molecule has 4 saturated heterocycles. The fraction of sp³-hybridized carbons (Fsp3) is 0.206. The molecular formula is C102H96ClF5K2N19NaO13. The summed E-state index contributed by atoms with van der Waals surface area (Å²) in [5.41, 5.74) is 11.9. The van der Waals surface area contributed by atoms with E-state index >= 15 is 0 Å². The summed E-state index contributed by atoms with van der Waals surface area (Å²) in [6.07, 6.45) is 9.14. The summed E-state index contributed by atoms with van der Waals surface area (Å²) in [4.78, 5) is 126. The molecular weight excluding hydrogens is 1930 g/mol. The van der Waals surface area contributed by atoms with E-state index in [2.05, 4.69) is 86.4 Å². The molecule has 0 amide bonds. The minimum atomic E-state index is -1.02. The van der Waals surface area contributed by atoms with E-state index in [0.717, 1.165) is 163 Å². The van der Waals surface area contributed by atoms with Crippen LogP contribution in [0.15, 0.2) is 267 Å². The molecule has 20 rings (SSSR count). The maximum Gasteiger partial charge on any atom is 1.00 e. The number of hydrogen-bond donors (Lipinski definition) is 4. The first-order chi connectivity index (χ1) is 68.2. The summed E-state index contributed by atoms with van der Waals surface area (Å²) < 4.78 is 78.7. The maximum absolute atomic E-state index is 13.6. The van der Waals surface area contributed by atoms with Crippen LogP contribution >= 0.6 is 11.6 Å². The van der Waals surface area contributed by atoms with Gasteiger partial charge in [0.25, 0.3) is 6.47 Å². The second-order valence-electron chi connectivity index (χ2n) is 30.9. The number of pyridine rings is 4. The number of aromatic carboxylic acids is 2. The molecule has 8 aromatic heterocycles. The van der Waals surface area contributed by atoms with Crippen LogP contribution in [0.3, 0.4) is 0 Å². The Labute approximate surface area is 934 Å². The van der Waals surface area contributed by atoms with E-state index in [1.807, 2.05) is 73.1 Å². The molecule has 4 aliphatic rings. The van der Waals surface area contributed by atoms with Crippen LogP contribution in [0.2, 0.25) is 5.15 Å². The van der Waals surface area contributed by atoms with Crippen molar-refractivity contribution >= 4 is 121 Å². The summed E-state index contributed by atoms with van der Waals surface area (Å²) in [5.74, 6) is 1.31. The molecule has 143 heavy (non-hydrogen) atoms. The Kier molecular flexibility index (Phi) is 45.3. The molecule has 0 bridgehead atoms. The number of aliphatic hydroxyl groups excluding tert-OH is 1. The van der Waals surface area contributed by atoms with Gasteiger partial charge in [-0.05, 0) is 231 Å². The molecule has 0 spiro atoms. The summed E-state index contributed by atoms with van der Waals surface area (Å²) in [5, 5.41) is 37.6. The van der Waals surface area contributed by atoms with Gasteiger partial charge in [-0.15, -0.1) is 0 Å². The molecule has 722 valence electrons. The van der Waals surface area contributed by atoms with Crippen molar-refractivity contribution in [1.82, 2.24) is 65.1 Å². The van der Waals surface area contributed by atoms with Gasteiger partial charge >= 0.3 is 156 Å². The number of anilines is 6. The molecule has 0 atom stereocenters. The Morgan fingerprint density at radius 3 is 0.986 bits per heavy atom. The second kappa shape index (κ2) is 57.4. The molecule has 5 N–H and O–H groups in total. The van der Waals surface area contributed by atoms with Crippen molar-refractivity contribution in [2.75, 3.05) is 150 Å². The Hall–Kier alpha value is -12.1. The summed E-state index contributed by atoms with van der Waals surface area (Å²) in [7, 11) is 2.65. The van der Waals surface area contributed by atoms with Gasteiger partial charge in [0.1, 0.15) is 63.5 Å². The number of hydrogen-bond acceptors (Lipinski definition) is 30. The number of alkyl halides is 1. The van der Waals surface area contributed by atoms with Gasteiger partial charge in [-0.1, -0.05) is 35.9 Å². The van der Waals surface area contributed by atoms with Crippen LogP contribution in [0.25, 0.3) is 89.2 Å². The number of benzene rings is 8. The average Bonchev–Trinajstić information content (AvgIpc) is 0.780. The fourth-order valence-corrected chi connectivity index (χ4v) is 15.8.